The molecule has 5 nitrogen and oxygen atoms in total. The minimum absolute atomic E-state index is 0.515. The van der Waals surface area contributed by atoms with Gasteiger partial charge in [0.25, 0.3) is 0 Å². The van der Waals surface area contributed by atoms with Crippen molar-refractivity contribution < 1.29 is 9.84 Å². The van der Waals surface area contributed by atoms with Crippen molar-refractivity contribution in [2.24, 2.45) is 0 Å². The largest absolute Gasteiger partial charge is 0.497 e. The predicted octanol–water partition coefficient (Wildman–Crippen LogP) is 3.03. The summed E-state index contributed by atoms with van der Waals surface area (Å²) in [5.74, 6) is 0.807. The Hall–Kier alpha value is -2.50. The normalized spacial score (nSPS) is 16.8. The summed E-state index contributed by atoms with van der Waals surface area (Å²) >= 11 is 0. The van der Waals surface area contributed by atoms with Gasteiger partial charge in [-0.25, -0.2) is 0 Å². The summed E-state index contributed by atoms with van der Waals surface area (Å²) in [5.41, 5.74) is 3.23. The standard InChI is InChI=1S/C21H25N3O2/c1-26-17-7-8-20-18(13-17)19(14-22-20)21(25)15-23-9-11-24(12-10-23)16-5-3-2-4-6-16/h2-8,13-14,21-22,25H,9-12,15H2,1H3/t21-/m1/s1. The van der Waals surface area contributed by atoms with Gasteiger partial charge in [0.15, 0.2) is 0 Å². The molecule has 1 aliphatic heterocycles. The van der Waals surface area contributed by atoms with Crippen molar-refractivity contribution in [2.75, 3.05) is 44.7 Å². The lowest BCUT2D eigenvalue weighted by Gasteiger charge is -2.36. The molecular formula is C21H25N3O2. The number of benzene rings is 2. The maximum absolute atomic E-state index is 10.8. The maximum atomic E-state index is 10.8. The van der Waals surface area contributed by atoms with Gasteiger partial charge in [-0.05, 0) is 30.3 Å². The molecule has 2 N–H and O–H groups in total. The third-order valence-corrected chi connectivity index (χ3v) is 5.20. The van der Waals surface area contributed by atoms with E-state index in [4.69, 9.17) is 4.74 Å². The van der Waals surface area contributed by atoms with Gasteiger partial charge in [0.05, 0.1) is 13.2 Å². The van der Waals surface area contributed by atoms with E-state index in [9.17, 15) is 5.11 Å². The van der Waals surface area contributed by atoms with Gasteiger partial charge in [-0.15, -0.1) is 0 Å². The van der Waals surface area contributed by atoms with Gasteiger partial charge >= 0.3 is 0 Å². The Labute approximate surface area is 153 Å². The molecule has 0 aliphatic carbocycles. The van der Waals surface area contributed by atoms with Crippen molar-refractivity contribution in [3.63, 3.8) is 0 Å². The van der Waals surface area contributed by atoms with Crippen LogP contribution in [0.25, 0.3) is 10.9 Å². The second-order valence-electron chi connectivity index (χ2n) is 6.79. The number of piperazine rings is 1. The molecular weight excluding hydrogens is 326 g/mol. The van der Waals surface area contributed by atoms with Crippen LogP contribution < -0.4 is 9.64 Å². The van der Waals surface area contributed by atoms with Crippen LogP contribution in [0.4, 0.5) is 5.69 Å². The van der Waals surface area contributed by atoms with E-state index in [1.165, 1.54) is 5.69 Å². The molecule has 1 saturated heterocycles. The van der Waals surface area contributed by atoms with Crippen molar-refractivity contribution in [3.05, 3.63) is 60.3 Å². The molecule has 0 unspecified atom stereocenters. The summed E-state index contributed by atoms with van der Waals surface area (Å²) in [5, 5.41) is 11.8. The first-order chi connectivity index (χ1) is 12.7. The molecule has 4 rings (SSSR count). The first kappa shape index (κ1) is 16.9. The van der Waals surface area contributed by atoms with Crippen LogP contribution in [0.3, 0.4) is 0 Å². The summed E-state index contributed by atoms with van der Waals surface area (Å²) in [4.78, 5) is 7.98. The number of hydrogen-bond donors (Lipinski definition) is 2. The Morgan fingerprint density at radius 3 is 2.58 bits per heavy atom. The van der Waals surface area contributed by atoms with E-state index in [0.717, 1.165) is 48.4 Å². The van der Waals surface area contributed by atoms with Crippen molar-refractivity contribution in [1.82, 2.24) is 9.88 Å². The van der Waals surface area contributed by atoms with E-state index in [1.54, 1.807) is 7.11 Å². The maximum Gasteiger partial charge on any atom is 0.119 e. The van der Waals surface area contributed by atoms with Crippen molar-refractivity contribution >= 4 is 16.6 Å². The predicted molar refractivity (Wildman–Crippen MR) is 105 cm³/mol. The molecule has 5 heteroatoms. The van der Waals surface area contributed by atoms with Crippen LogP contribution in [0.2, 0.25) is 0 Å². The summed E-state index contributed by atoms with van der Waals surface area (Å²) in [6.07, 6.45) is 1.40. The van der Waals surface area contributed by atoms with Crippen LogP contribution in [0.5, 0.6) is 5.75 Å². The van der Waals surface area contributed by atoms with E-state index < -0.39 is 6.10 Å². The number of methoxy groups -OCH3 is 1. The third kappa shape index (κ3) is 3.41. The fourth-order valence-corrected chi connectivity index (χ4v) is 3.69. The van der Waals surface area contributed by atoms with Crippen LogP contribution in [-0.2, 0) is 0 Å². The molecule has 1 aliphatic rings. The topological polar surface area (TPSA) is 51.7 Å². The Kier molecular flexibility index (Phi) is 4.82. The molecule has 1 aromatic heterocycles. The van der Waals surface area contributed by atoms with Crippen LogP contribution in [0.1, 0.15) is 11.7 Å². The molecule has 2 aromatic carbocycles. The lowest BCUT2D eigenvalue weighted by atomic mass is 10.1. The highest BCUT2D eigenvalue weighted by molar-refractivity contribution is 5.85. The Morgan fingerprint density at radius 1 is 1.08 bits per heavy atom. The molecule has 1 atom stereocenters. The van der Waals surface area contributed by atoms with Gasteiger partial charge in [0, 0.05) is 61.1 Å². The molecule has 26 heavy (non-hydrogen) atoms. The fourth-order valence-electron chi connectivity index (χ4n) is 3.69. The van der Waals surface area contributed by atoms with Gasteiger partial charge < -0.3 is 19.7 Å². The second-order valence-corrected chi connectivity index (χ2v) is 6.79. The summed E-state index contributed by atoms with van der Waals surface area (Å²) in [6, 6.07) is 16.4. The number of β-amino-alcohol motifs (C(OH)–C–C–N with tert-alkyl or cyclic N) is 1. The average molecular weight is 351 g/mol. The molecule has 0 radical (unpaired) electrons. The number of fused-ring (bicyclic) bond motifs is 1. The fraction of sp³-hybridized carbons (Fsp3) is 0.333. The number of ether oxygens (including phenoxy) is 1. The molecule has 0 saturated carbocycles. The monoisotopic (exact) mass is 351 g/mol. The number of H-pyrrole nitrogens is 1. The van der Waals surface area contributed by atoms with Gasteiger partial charge in [-0.3, -0.25) is 4.90 Å². The zero-order chi connectivity index (χ0) is 17.9. The van der Waals surface area contributed by atoms with E-state index in [0.29, 0.717) is 6.54 Å². The third-order valence-electron chi connectivity index (χ3n) is 5.20. The van der Waals surface area contributed by atoms with E-state index >= 15 is 0 Å². The zero-order valence-corrected chi connectivity index (χ0v) is 15.1. The van der Waals surface area contributed by atoms with Crippen LogP contribution in [0, 0.1) is 0 Å². The number of hydrogen-bond acceptors (Lipinski definition) is 4. The quantitative estimate of drug-likeness (QED) is 0.742. The summed E-state index contributed by atoms with van der Waals surface area (Å²) < 4.78 is 5.32. The van der Waals surface area contributed by atoms with E-state index in [-0.39, 0.29) is 0 Å². The minimum atomic E-state index is -0.515. The van der Waals surface area contributed by atoms with E-state index in [1.807, 2.05) is 30.5 Å². The Bertz CT molecular complexity index is 854. The number of aliphatic hydroxyl groups excluding tert-OH is 1. The highest BCUT2D eigenvalue weighted by Crippen LogP contribution is 2.28. The Morgan fingerprint density at radius 2 is 1.85 bits per heavy atom. The Balaban J connectivity index is 1.41. The highest BCUT2D eigenvalue weighted by atomic mass is 16.5. The molecule has 1 fully saturated rings. The van der Waals surface area contributed by atoms with E-state index in [2.05, 4.69) is 39.0 Å². The number of anilines is 1. The minimum Gasteiger partial charge on any atom is -0.497 e. The number of para-hydroxylation sites is 1. The zero-order valence-electron chi connectivity index (χ0n) is 15.1. The second kappa shape index (κ2) is 7.40. The van der Waals surface area contributed by atoms with Crippen molar-refractivity contribution in [3.8, 4) is 5.75 Å². The lowest BCUT2D eigenvalue weighted by molar-refractivity contribution is 0.110. The first-order valence-electron chi connectivity index (χ1n) is 9.10. The molecule has 2 heterocycles. The van der Waals surface area contributed by atoms with Crippen LogP contribution in [-0.4, -0.2) is 54.8 Å². The number of rotatable bonds is 5. The average Bonchev–Trinajstić information content (AvgIpc) is 3.12. The van der Waals surface area contributed by atoms with Crippen molar-refractivity contribution in [1.29, 1.82) is 0 Å². The number of aliphatic hydroxyl groups is 1. The SMILES string of the molecule is COc1ccc2[nH]cc([C@H](O)CN3CCN(c4ccccc4)CC3)c2c1. The van der Waals surface area contributed by atoms with Gasteiger partial charge in [0.2, 0.25) is 0 Å². The van der Waals surface area contributed by atoms with Gasteiger partial charge in [-0.2, -0.15) is 0 Å². The molecule has 3 aromatic rings. The molecule has 136 valence electrons. The summed E-state index contributed by atoms with van der Waals surface area (Å²) in [7, 11) is 1.66. The number of aromatic nitrogens is 1. The molecule has 0 amide bonds. The smallest absolute Gasteiger partial charge is 0.119 e. The number of aromatic amines is 1. The lowest BCUT2D eigenvalue weighted by Crippen LogP contribution is -2.47. The number of nitrogens with one attached hydrogen (secondary N) is 1. The highest BCUT2D eigenvalue weighted by Gasteiger charge is 2.21. The number of nitrogens with zero attached hydrogens (tertiary/aromatic N) is 2. The van der Waals surface area contributed by atoms with Gasteiger partial charge in [-0.1, -0.05) is 18.2 Å². The molecule has 0 spiro atoms. The van der Waals surface area contributed by atoms with Crippen LogP contribution >= 0.6 is 0 Å². The molecule has 0 bridgehead atoms. The summed E-state index contributed by atoms with van der Waals surface area (Å²) in [6.45, 7) is 4.53. The van der Waals surface area contributed by atoms with Crippen molar-refractivity contribution in [2.45, 2.75) is 6.10 Å². The van der Waals surface area contributed by atoms with Crippen LogP contribution in [0.15, 0.2) is 54.7 Å². The van der Waals surface area contributed by atoms with Gasteiger partial charge in [0.1, 0.15) is 5.75 Å². The first-order valence-corrected chi connectivity index (χ1v) is 9.10.